The second-order valence-corrected chi connectivity index (χ2v) is 11.7. The minimum absolute atomic E-state index is 0.321. The summed E-state index contributed by atoms with van der Waals surface area (Å²) in [6.07, 6.45) is 8.15. The van der Waals surface area contributed by atoms with Gasteiger partial charge in [0.25, 0.3) is 0 Å². The van der Waals surface area contributed by atoms with Gasteiger partial charge in [0.1, 0.15) is 0 Å². The summed E-state index contributed by atoms with van der Waals surface area (Å²) in [5.74, 6) is 0. The monoisotopic (exact) mass is 305 g/mol. The van der Waals surface area contributed by atoms with Crippen molar-refractivity contribution in [1.82, 2.24) is 0 Å². The number of hydrogen-bond acceptors (Lipinski definition) is 0. The molecule has 0 aromatic rings. The third-order valence-corrected chi connectivity index (χ3v) is 12.3. The minimum atomic E-state index is -1.56. The van der Waals surface area contributed by atoms with Crippen molar-refractivity contribution >= 4 is 0 Å². The van der Waals surface area contributed by atoms with Gasteiger partial charge in [0.2, 0.25) is 0 Å². The van der Waals surface area contributed by atoms with Gasteiger partial charge >= 0.3 is 114 Å². The van der Waals surface area contributed by atoms with E-state index in [2.05, 4.69) is 57.5 Å². The van der Waals surface area contributed by atoms with E-state index in [1.807, 2.05) is 3.28 Å². The van der Waals surface area contributed by atoms with E-state index < -0.39 is 21.8 Å². The van der Waals surface area contributed by atoms with Gasteiger partial charge in [0.05, 0.1) is 0 Å². The number of allylic oxidation sites excluding steroid dienone is 8. The molecule has 1 heteroatoms. The molecule has 0 saturated carbocycles. The van der Waals surface area contributed by atoms with Crippen molar-refractivity contribution < 1.29 is 21.8 Å². The van der Waals surface area contributed by atoms with Crippen LogP contribution in [0.5, 0.6) is 0 Å². The van der Waals surface area contributed by atoms with Crippen molar-refractivity contribution in [2.75, 3.05) is 0 Å². The molecule has 0 spiro atoms. The fourth-order valence-corrected chi connectivity index (χ4v) is 10.5. The Morgan fingerprint density at radius 2 is 1.76 bits per heavy atom. The third-order valence-electron chi connectivity index (χ3n) is 4.69. The summed E-state index contributed by atoms with van der Waals surface area (Å²) in [5, 5.41) is 0. The Morgan fingerprint density at radius 1 is 1.12 bits per heavy atom. The molecule has 0 bridgehead atoms. The Balaban J connectivity index is 2.40. The molecule has 0 amide bonds. The first-order valence-corrected chi connectivity index (χ1v) is 11.4. The molecule has 17 heavy (non-hydrogen) atoms. The van der Waals surface area contributed by atoms with Gasteiger partial charge in [-0.25, -0.2) is 0 Å². The molecule has 2 aliphatic rings. The van der Waals surface area contributed by atoms with Gasteiger partial charge in [-0.15, -0.1) is 0 Å². The Labute approximate surface area is 114 Å². The van der Waals surface area contributed by atoms with Gasteiger partial charge in [0.15, 0.2) is 0 Å². The standard InChI is InChI=1S/C10H15.C5H5.CH3.Zr/c1-7-6-10(4,5)9(3)8(7)2;1-2-4-5-3-1;;/h1-5H3;1-3H,4H2;1H3;. The summed E-state index contributed by atoms with van der Waals surface area (Å²) >= 11 is -1.56. The zero-order valence-corrected chi connectivity index (χ0v) is 14.4. The molecule has 2 aliphatic carbocycles. The topological polar surface area (TPSA) is 0 Å². The predicted molar refractivity (Wildman–Crippen MR) is 72.6 cm³/mol. The van der Waals surface area contributed by atoms with Gasteiger partial charge < -0.3 is 0 Å². The van der Waals surface area contributed by atoms with E-state index in [1.165, 1.54) is 6.42 Å². The second-order valence-electron chi connectivity index (χ2n) is 5.82. The van der Waals surface area contributed by atoms with Crippen molar-refractivity contribution in [3.63, 3.8) is 0 Å². The van der Waals surface area contributed by atoms with E-state index in [9.17, 15) is 0 Å². The molecule has 0 fully saturated rings. The molecule has 0 aliphatic heterocycles. The molecule has 0 unspecified atom stereocenters. The maximum atomic E-state index is 2.56. The van der Waals surface area contributed by atoms with Crippen LogP contribution in [0, 0.1) is 5.41 Å². The van der Waals surface area contributed by atoms with E-state index in [4.69, 9.17) is 0 Å². The van der Waals surface area contributed by atoms with E-state index in [1.54, 1.807) is 20.0 Å². The summed E-state index contributed by atoms with van der Waals surface area (Å²) in [5.41, 5.74) is 5.08. The molecule has 91 valence electrons. The van der Waals surface area contributed by atoms with E-state index in [0.29, 0.717) is 5.41 Å². The first-order chi connectivity index (χ1) is 7.87. The van der Waals surface area contributed by atoms with Crippen molar-refractivity contribution in [2.24, 2.45) is 5.41 Å². The Kier molecular flexibility index (Phi) is 3.52. The van der Waals surface area contributed by atoms with Gasteiger partial charge in [0, 0.05) is 0 Å². The fourth-order valence-electron chi connectivity index (χ4n) is 3.23. The van der Waals surface area contributed by atoms with Crippen LogP contribution >= 0.6 is 0 Å². The Hall–Kier alpha value is -0.157. The molecule has 0 heterocycles. The average Bonchev–Trinajstić information content (AvgIpc) is 2.83. The van der Waals surface area contributed by atoms with Crippen LogP contribution in [0.1, 0.15) is 41.0 Å². The van der Waals surface area contributed by atoms with Crippen LogP contribution in [0.3, 0.4) is 0 Å². The molecular weight excluding hydrogens is 283 g/mol. The second kappa shape index (κ2) is 4.50. The van der Waals surface area contributed by atoms with Crippen molar-refractivity contribution in [1.29, 1.82) is 0 Å². The third kappa shape index (κ3) is 2.01. The molecule has 0 atom stereocenters. The van der Waals surface area contributed by atoms with Crippen LogP contribution in [-0.2, 0) is 21.8 Å². The zero-order chi connectivity index (χ0) is 12.8. The normalized spacial score (nSPS) is 22.6. The first kappa shape index (κ1) is 13.3. The summed E-state index contributed by atoms with van der Waals surface area (Å²) in [6.45, 7) is 11.8. The molecular formula is C16H23Zr. The van der Waals surface area contributed by atoms with E-state index in [-0.39, 0.29) is 0 Å². The van der Waals surface area contributed by atoms with Gasteiger partial charge in [-0.1, -0.05) is 0 Å². The SMILES string of the molecule is CC1=C(C)C(C)(C)[C]([Zr]([CH3])[C]2=CC=CC2)=C1C. The number of hydrogen-bond donors (Lipinski definition) is 0. The molecule has 0 saturated heterocycles. The molecule has 0 aromatic heterocycles. The molecule has 0 N–H and O–H groups in total. The zero-order valence-electron chi connectivity index (χ0n) is 11.9. The van der Waals surface area contributed by atoms with Gasteiger partial charge in [-0.2, -0.15) is 0 Å². The molecule has 0 radical (unpaired) electrons. The molecule has 2 rings (SSSR count). The van der Waals surface area contributed by atoms with E-state index >= 15 is 0 Å². The fraction of sp³-hybridized carbons (Fsp3) is 0.500. The average molecular weight is 307 g/mol. The van der Waals surface area contributed by atoms with Crippen molar-refractivity contribution in [2.45, 2.75) is 45.7 Å². The van der Waals surface area contributed by atoms with Crippen LogP contribution in [0.25, 0.3) is 0 Å². The predicted octanol–water partition coefficient (Wildman–Crippen LogP) is 5.15. The summed E-state index contributed by atoms with van der Waals surface area (Å²) in [6, 6.07) is 0. The summed E-state index contributed by atoms with van der Waals surface area (Å²) < 4.78 is 6.15. The van der Waals surface area contributed by atoms with Gasteiger partial charge in [-0.3, -0.25) is 0 Å². The van der Waals surface area contributed by atoms with Crippen LogP contribution < -0.4 is 0 Å². The summed E-state index contributed by atoms with van der Waals surface area (Å²) in [7, 11) is 0. The number of rotatable bonds is 2. The van der Waals surface area contributed by atoms with E-state index in [0.717, 1.165) is 0 Å². The molecule has 0 aromatic carbocycles. The summed E-state index contributed by atoms with van der Waals surface area (Å²) in [4.78, 5) is 0. The quantitative estimate of drug-likeness (QED) is 0.662. The first-order valence-electron chi connectivity index (χ1n) is 6.47. The van der Waals surface area contributed by atoms with Gasteiger partial charge in [-0.05, 0) is 0 Å². The van der Waals surface area contributed by atoms with Crippen LogP contribution in [0.4, 0.5) is 0 Å². The Morgan fingerprint density at radius 3 is 2.18 bits per heavy atom. The maximum absolute atomic E-state index is 2.56. The van der Waals surface area contributed by atoms with Crippen molar-refractivity contribution in [3.05, 3.63) is 41.5 Å². The Bertz CT molecular complexity index is 470. The van der Waals surface area contributed by atoms with Crippen LogP contribution in [0.15, 0.2) is 41.5 Å². The van der Waals surface area contributed by atoms with Crippen LogP contribution in [-0.4, -0.2) is 0 Å². The van der Waals surface area contributed by atoms with Crippen molar-refractivity contribution in [3.8, 4) is 0 Å². The van der Waals surface area contributed by atoms with Crippen LogP contribution in [0.2, 0.25) is 4.63 Å². The molecule has 0 nitrogen and oxygen atoms in total.